The van der Waals surface area contributed by atoms with Crippen LogP contribution in [0.4, 0.5) is 4.79 Å². The van der Waals surface area contributed by atoms with Crippen molar-refractivity contribution in [1.82, 2.24) is 20.9 Å². The Morgan fingerprint density at radius 3 is 2.73 bits per heavy atom. The molecule has 2 aliphatic rings. The fraction of sp³-hybridized carbons (Fsp3) is 0.611. The number of nitrogens with zero attached hydrogens (tertiary/aromatic N) is 2. The third-order valence-corrected chi connectivity index (χ3v) is 6.35. The molecule has 0 unspecified atom stereocenters. The first-order valence-electron chi connectivity index (χ1n) is 9.21. The highest BCUT2D eigenvalue weighted by molar-refractivity contribution is 7.10. The molecule has 1 saturated carbocycles. The molecule has 0 atom stereocenters. The van der Waals surface area contributed by atoms with Crippen LogP contribution in [-0.2, 0) is 10.2 Å². The largest absolute Gasteiger partial charge is 0.355 e. The average Bonchev–Trinajstić information content (AvgIpc) is 3.31. The highest BCUT2D eigenvalue weighted by Crippen LogP contribution is 2.41. The summed E-state index contributed by atoms with van der Waals surface area (Å²) in [6.07, 6.45) is 6.22. The Hall–Kier alpha value is -2.09. The van der Waals surface area contributed by atoms with Crippen molar-refractivity contribution in [2.75, 3.05) is 33.2 Å². The predicted octanol–water partition coefficient (Wildman–Crippen LogP) is 1.67. The van der Waals surface area contributed by atoms with Crippen molar-refractivity contribution in [3.8, 4) is 0 Å². The summed E-state index contributed by atoms with van der Waals surface area (Å²) < 4.78 is 0. The van der Waals surface area contributed by atoms with Crippen LogP contribution in [0.3, 0.4) is 0 Å². The highest BCUT2D eigenvalue weighted by Gasteiger charge is 2.35. The highest BCUT2D eigenvalue weighted by atomic mass is 32.1. The maximum Gasteiger partial charge on any atom is 0.324 e. The monoisotopic (exact) mass is 377 g/mol. The molecule has 8 heteroatoms. The zero-order chi connectivity index (χ0) is 18.4. The lowest BCUT2D eigenvalue weighted by atomic mass is 9.73. The van der Waals surface area contributed by atoms with Crippen molar-refractivity contribution in [2.45, 2.75) is 37.5 Å². The molecule has 1 aromatic heterocycles. The van der Waals surface area contributed by atoms with E-state index in [-0.39, 0.29) is 23.9 Å². The summed E-state index contributed by atoms with van der Waals surface area (Å²) in [6, 6.07) is 4.05. The Morgan fingerprint density at radius 1 is 1.31 bits per heavy atom. The fourth-order valence-corrected chi connectivity index (χ4v) is 4.75. The second-order valence-corrected chi connectivity index (χ2v) is 7.82. The van der Waals surface area contributed by atoms with Gasteiger partial charge in [0.25, 0.3) is 0 Å². The number of carbonyl (C=O) groups is 2. The van der Waals surface area contributed by atoms with E-state index < -0.39 is 0 Å². The van der Waals surface area contributed by atoms with Gasteiger partial charge in [0.05, 0.1) is 6.54 Å². The van der Waals surface area contributed by atoms with Crippen molar-refractivity contribution in [1.29, 1.82) is 0 Å². The number of hydrogen-bond acceptors (Lipinski definition) is 4. The minimum absolute atomic E-state index is 0.0924. The van der Waals surface area contributed by atoms with E-state index in [4.69, 9.17) is 0 Å². The number of rotatable bonds is 6. The normalized spacial score (nSPS) is 20.2. The number of amides is 3. The van der Waals surface area contributed by atoms with Crippen LogP contribution in [-0.4, -0.2) is 56.0 Å². The van der Waals surface area contributed by atoms with Gasteiger partial charge in [0.2, 0.25) is 5.91 Å². The molecule has 3 amide bonds. The molecule has 0 radical (unpaired) electrons. The van der Waals surface area contributed by atoms with E-state index in [0.29, 0.717) is 19.0 Å². The topological polar surface area (TPSA) is 85.8 Å². The number of thiophene rings is 1. The van der Waals surface area contributed by atoms with Crippen molar-refractivity contribution < 1.29 is 9.59 Å². The van der Waals surface area contributed by atoms with Crippen LogP contribution in [0.2, 0.25) is 0 Å². The number of imide groups is 1. The maximum absolute atomic E-state index is 11.6. The summed E-state index contributed by atoms with van der Waals surface area (Å²) in [5, 5.41) is 11.3. The second-order valence-electron chi connectivity index (χ2n) is 6.87. The van der Waals surface area contributed by atoms with E-state index in [2.05, 4.69) is 38.5 Å². The van der Waals surface area contributed by atoms with Gasteiger partial charge in [0.15, 0.2) is 5.96 Å². The lowest BCUT2D eigenvalue weighted by Gasteiger charge is -2.37. The van der Waals surface area contributed by atoms with Gasteiger partial charge in [-0.1, -0.05) is 25.3 Å². The maximum atomic E-state index is 11.6. The molecule has 3 rings (SSSR count). The smallest absolute Gasteiger partial charge is 0.324 e. The summed E-state index contributed by atoms with van der Waals surface area (Å²) in [5.41, 5.74) is 0.175. The molecule has 2 fully saturated rings. The zero-order valence-corrected chi connectivity index (χ0v) is 16.0. The van der Waals surface area contributed by atoms with E-state index in [1.807, 2.05) is 11.3 Å². The molecule has 142 valence electrons. The van der Waals surface area contributed by atoms with Crippen molar-refractivity contribution in [2.24, 2.45) is 4.99 Å². The first-order valence-corrected chi connectivity index (χ1v) is 10.1. The first kappa shape index (κ1) is 18.7. The Kier molecular flexibility index (Phi) is 6.13. The molecule has 2 heterocycles. The number of aliphatic imine (C=N–C) groups is 1. The van der Waals surface area contributed by atoms with Crippen LogP contribution in [0.25, 0.3) is 0 Å². The third-order valence-electron chi connectivity index (χ3n) is 5.24. The van der Waals surface area contributed by atoms with E-state index in [0.717, 1.165) is 6.54 Å². The molecule has 0 spiro atoms. The number of carbonyl (C=O) groups excluding carboxylic acids is 2. The summed E-state index contributed by atoms with van der Waals surface area (Å²) >= 11 is 1.83. The van der Waals surface area contributed by atoms with Crippen LogP contribution in [0, 0.1) is 0 Å². The zero-order valence-electron chi connectivity index (χ0n) is 15.2. The molecule has 0 aromatic carbocycles. The molecular formula is C18H27N5O2S. The Morgan fingerprint density at radius 2 is 2.12 bits per heavy atom. The summed E-state index contributed by atoms with van der Waals surface area (Å²) in [4.78, 5) is 30.1. The van der Waals surface area contributed by atoms with Gasteiger partial charge in [-0.15, -0.1) is 11.3 Å². The molecular weight excluding hydrogens is 350 g/mol. The van der Waals surface area contributed by atoms with Crippen LogP contribution in [0.5, 0.6) is 0 Å². The average molecular weight is 378 g/mol. The van der Waals surface area contributed by atoms with E-state index in [1.54, 1.807) is 7.05 Å². The van der Waals surface area contributed by atoms with Gasteiger partial charge in [0.1, 0.15) is 0 Å². The molecule has 26 heavy (non-hydrogen) atoms. The summed E-state index contributed by atoms with van der Waals surface area (Å²) in [5.74, 6) is 0.525. The van der Waals surface area contributed by atoms with Crippen LogP contribution in [0.1, 0.15) is 37.0 Å². The Bertz CT molecular complexity index is 637. The quantitative estimate of drug-likeness (QED) is 0.400. The number of hydrogen-bond donors (Lipinski definition) is 3. The molecule has 7 nitrogen and oxygen atoms in total. The second kappa shape index (κ2) is 8.53. The van der Waals surface area contributed by atoms with Crippen molar-refractivity contribution >= 4 is 29.2 Å². The lowest BCUT2D eigenvalue weighted by molar-refractivity contribution is -0.124. The van der Waals surface area contributed by atoms with Crippen LogP contribution < -0.4 is 16.0 Å². The predicted molar refractivity (Wildman–Crippen MR) is 104 cm³/mol. The van der Waals surface area contributed by atoms with Crippen molar-refractivity contribution in [3.05, 3.63) is 22.4 Å². The minimum Gasteiger partial charge on any atom is -0.355 e. The van der Waals surface area contributed by atoms with E-state index >= 15 is 0 Å². The van der Waals surface area contributed by atoms with Gasteiger partial charge >= 0.3 is 6.03 Å². The molecule has 1 aromatic rings. The van der Waals surface area contributed by atoms with Gasteiger partial charge in [0, 0.05) is 37.0 Å². The molecule has 1 aliphatic heterocycles. The van der Waals surface area contributed by atoms with Crippen LogP contribution >= 0.6 is 11.3 Å². The van der Waals surface area contributed by atoms with E-state index in [9.17, 15) is 9.59 Å². The number of nitrogens with one attached hydrogen (secondary N) is 3. The Balaban J connectivity index is 1.52. The number of guanidine groups is 1. The van der Waals surface area contributed by atoms with Crippen molar-refractivity contribution in [3.63, 3.8) is 0 Å². The Labute approximate surface area is 158 Å². The molecule has 3 N–H and O–H groups in total. The van der Waals surface area contributed by atoms with Gasteiger partial charge in [-0.25, -0.2) is 4.79 Å². The first-order chi connectivity index (χ1) is 12.6. The molecule has 1 aliphatic carbocycles. The van der Waals surface area contributed by atoms with E-state index in [1.165, 1.54) is 41.9 Å². The van der Waals surface area contributed by atoms with Gasteiger partial charge in [-0.2, -0.15) is 0 Å². The fourth-order valence-electron chi connectivity index (χ4n) is 3.76. The number of urea groups is 1. The third kappa shape index (κ3) is 4.17. The van der Waals surface area contributed by atoms with Gasteiger partial charge in [-0.05, 0) is 24.3 Å². The minimum atomic E-state index is -0.321. The SMILES string of the molecule is CN=C(NCCN1C(=O)CNC1=O)NCC1(c2cccs2)CCCCC1. The lowest BCUT2D eigenvalue weighted by Crippen LogP contribution is -2.48. The standard InChI is InChI=1S/C18H27N5O2S/c1-19-16(20-9-10-23-15(24)12-21-17(23)25)22-13-18(7-3-2-4-8-18)14-6-5-11-26-14/h5-6,11H,2-4,7-10,12-13H2,1H3,(H,21,25)(H2,19,20,22). The summed E-state index contributed by atoms with van der Waals surface area (Å²) in [6.45, 7) is 1.75. The molecule has 1 saturated heterocycles. The van der Waals surface area contributed by atoms with Gasteiger partial charge in [-0.3, -0.25) is 14.7 Å². The molecule has 0 bridgehead atoms. The van der Waals surface area contributed by atoms with Gasteiger partial charge < -0.3 is 16.0 Å². The van der Waals surface area contributed by atoms with Crippen LogP contribution in [0.15, 0.2) is 22.5 Å². The summed E-state index contributed by atoms with van der Waals surface area (Å²) in [7, 11) is 1.74.